The van der Waals surface area contributed by atoms with Gasteiger partial charge in [-0.1, -0.05) is 0 Å². The van der Waals surface area contributed by atoms with Crippen LogP contribution >= 0.6 is 0 Å². The van der Waals surface area contributed by atoms with E-state index < -0.39 is 15.9 Å². The van der Waals surface area contributed by atoms with Gasteiger partial charge in [0.15, 0.2) is 0 Å². The Bertz CT molecular complexity index is 655. The molecule has 4 N–H and O–H groups in total. The summed E-state index contributed by atoms with van der Waals surface area (Å²) in [4.78, 5) is 11.3. The number of primary amides is 1. The van der Waals surface area contributed by atoms with Crippen molar-refractivity contribution >= 4 is 15.9 Å². The molecule has 2 bridgehead atoms. The van der Waals surface area contributed by atoms with Crippen molar-refractivity contribution in [2.24, 2.45) is 12.8 Å². The fourth-order valence-electron chi connectivity index (χ4n) is 3.37. The molecule has 116 valence electrons. The first-order valence-electron chi connectivity index (χ1n) is 7.09. The summed E-state index contributed by atoms with van der Waals surface area (Å²) in [5.41, 5.74) is 5.40. The summed E-state index contributed by atoms with van der Waals surface area (Å²) in [7, 11) is -2.02. The van der Waals surface area contributed by atoms with Gasteiger partial charge in [-0.25, -0.2) is 13.1 Å². The van der Waals surface area contributed by atoms with E-state index in [0.717, 1.165) is 25.7 Å². The van der Waals surface area contributed by atoms with Crippen molar-refractivity contribution < 1.29 is 13.2 Å². The lowest BCUT2D eigenvalue weighted by Gasteiger charge is -2.29. The number of piperidine rings is 1. The van der Waals surface area contributed by atoms with Gasteiger partial charge in [-0.2, -0.15) is 0 Å². The zero-order valence-corrected chi connectivity index (χ0v) is 12.7. The van der Waals surface area contributed by atoms with Gasteiger partial charge in [0, 0.05) is 31.4 Å². The molecule has 2 atom stereocenters. The van der Waals surface area contributed by atoms with Crippen LogP contribution in [0.2, 0.25) is 0 Å². The van der Waals surface area contributed by atoms with Gasteiger partial charge in [-0.15, -0.1) is 0 Å². The number of nitrogens with two attached hydrogens (primary N) is 1. The van der Waals surface area contributed by atoms with Crippen LogP contribution in [-0.2, 0) is 17.1 Å². The number of carbonyl (C=O) groups is 1. The van der Waals surface area contributed by atoms with E-state index in [9.17, 15) is 13.2 Å². The van der Waals surface area contributed by atoms with Crippen LogP contribution in [0.5, 0.6) is 0 Å². The molecule has 2 aliphatic heterocycles. The summed E-state index contributed by atoms with van der Waals surface area (Å²) < 4.78 is 29.0. The van der Waals surface area contributed by atoms with Gasteiger partial charge in [0.05, 0.1) is 0 Å². The molecule has 0 saturated carbocycles. The molecule has 3 rings (SSSR count). The predicted octanol–water partition coefficient (Wildman–Crippen LogP) is -0.315. The van der Waals surface area contributed by atoms with Crippen LogP contribution in [0, 0.1) is 0 Å². The van der Waals surface area contributed by atoms with Crippen LogP contribution in [0.4, 0.5) is 0 Å². The van der Waals surface area contributed by atoms with E-state index in [-0.39, 0.29) is 16.6 Å². The Balaban J connectivity index is 1.77. The van der Waals surface area contributed by atoms with Gasteiger partial charge in [-0.05, 0) is 31.7 Å². The monoisotopic (exact) mass is 312 g/mol. The number of aromatic nitrogens is 1. The van der Waals surface area contributed by atoms with E-state index in [2.05, 4.69) is 10.0 Å². The molecule has 3 heterocycles. The molecule has 0 radical (unpaired) electrons. The van der Waals surface area contributed by atoms with E-state index in [4.69, 9.17) is 5.73 Å². The third-order valence-corrected chi connectivity index (χ3v) is 5.82. The van der Waals surface area contributed by atoms with Gasteiger partial charge in [0.2, 0.25) is 10.0 Å². The van der Waals surface area contributed by atoms with Crippen molar-refractivity contribution in [3.63, 3.8) is 0 Å². The topological polar surface area (TPSA) is 106 Å². The number of nitrogens with one attached hydrogen (secondary N) is 2. The average Bonchev–Trinajstić information content (AvgIpc) is 2.93. The largest absolute Gasteiger partial charge is 0.364 e. The summed E-state index contributed by atoms with van der Waals surface area (Å²) in [5.74, 6) is -0.640. The van der Waals surface area contributed by atoms with E-state index >= 15 is 0 Å². The van der Waals surface area contributed by atoms with Crippen molar-refractivity contribution in [3.8, 4) is 0 Å². The Morgan fingerprint density at radius 1 is 1.38 bits per heavy atom. The molecule has 0 aliphatic carbocycles. The third-order valence-electron chi connectivity index (χ3n) is 4.34. The van der Waals surface area contributed by atoms with Crippen LogP contribution in [-0.4, -0.2) is 37.0 Å². The lowest BCUT2D eigenvalue weighted by molar-refractivity contribution is 0.0992. The predicted molar refractivity (Wildman–Crippen MR) is 77.2 cm³/mol. The lowest BCUT2D eigenvalue weighted by Crippen LogP contribution is -2.47. The number of amides is 1. The Morgan fingerprint density at radius 2 is 2.00 bits per heavy atom. The molecular weight excluding hydrogens is 292 g/mol. The normalized spacial score (nSPS) is 28.7. The number of rotatable bonds is 4. The highest BCUT2D eigenvalue weighted by molar-refractivity contribution is 7.89. The summed E-state index contributed by atoms with van der Waals surface area (Å²) >= 11 is 0. The molecule has 8 heteroatoms. The van der Waals surface area contributed by atoms with E-state index in [0.29, 0.717) is 12.1 Å². The maximum atomic E-state index is 12.4. The molecule has 0 spiro atoms. The van der Waals surface area contributed by atoms with Gasteiger partial charge < -0.3 is 15.6 Å². The Labute approximate surface area is 123 Å². The van der Waals surface area contributed by atoms with Crippen LogP contribution in [0.3, 0.4) is 0 Å². The number of fused-ring (bicyclic) bond motifs is 2. The van der Waals surface area contributed by atoms with Gasteiger partial charge in [-0.3, -0.25) is 4.79 Å². The molecule has 2 saturated heterocycles. The van der Waals surface area contributed by atoms with Gasteiger partial charge in [0.1, 0.15) is 10.6 Å². The van der Waals surface area contributed by atoms with Crippen molar-refractivity contribution in [1.82, 2.24) is 14.6 Å². The molecule has 2 fully saturated rings. The van der Waals surface area contributed by atoms with Crippen molar-refractivity contribution in [3.05, 3.63) is 18.0 Å². The molecular formula is C13H20N4O3S. The van der Waals surface area contributed by atoms with E-state index in [1.54, 1.807) is 7.05 Å². The minimum Gasteiger partial charge on any atom is -0.364 e. The average molecular weight is 312 g/mol. The second-order valence-corrected chi connectivity index (χ2v) is 7.68. The highest BCUT2D eigenvalue weighted by atomic mass is 32.2. The summed E-state index contributed by atoms with van der Waals surface area (Å²) in [6, 6.07) is 2.09. The zero-order chi connectivity index (χ0) is 15.2. The van der Waals surface area contributed by atoms with Gasteiger partial charge in [0.25, 0.3) is 5.91 Å². The fourth-order valence-corrected chi connectivity index (χ4v) is 4.70. The van der Waals surface area contributed by atoms with Crippen molar-refractivity contribution in [2.45, 2.75) is 48.7 Å². The number of aryl methyl sites for hydroxylation is 1. The van der Waals surface area contributed by atoms with Gasteiger partial charge >= 0.3 is 0 Å². The molecule has 1 amide bonds. The SMILES string of the molecule is Cn1cc(S(=O)(=O)NC2CC3CCC(C2)N3)cc1C(N)=O. The lowest BCUT2D eigenvalue weighted by atomic mass is 10.0. The molecule has 2 aliphatic rings. The van der Waals surface area contributed by atoms with Crippen LogP contribution < -0.4 is 15.8 Å². The van der Waals surface area contributed by atoms with Crippen molar-refractivity contribution in [2.75, 3.05) is 0 Å². The Hall–Kier alpha value is -1.38. The smallest absolute Gasteiger partial charge is 0.265 e. The quantitative estimate of drug-likeness (QED) is 0.708. The fraction of sp³-hybridized carbons (Fsp3) is 0.615. The number of sulfonamides is 1. The maximum Gasteiger partial charge on any atom is 0.265 e. The highest BCUT2D eigenvalue weighted by Crippen LogP contribution is 2.27. The molecule has 7 nitrogen and oxygen atoms in total. The second-order valence-electron chi connectivity index (χ2n) is 5.96. The highest BCUT2D eigenvalue weighted by Gasteiger charge is 2.35. The first-order chi connectivity index (χ1) is 9.85. The standard InChI is InChI=1S/C13H20N4O3S/c1-17-7-11(6-12(17)13(14)18)21(19,20)16-10-4-8-2-3-9(5-10)15-8/h6-10,15-16H,2-5H2,1H3,(H2,14,18). The molecule has 2 unspecified atom stereocenters. The Kier molecular flexibility index (Phi) is 3.54. The summed E-state index contributed by atoms with van der Waals surface area (Å²) in [5, 5.41) is 3.47. The third kappa shape index (κ3) is 2.83. The van der Waals surface area contributed by atoms with E-state index in [1.165, 1.54) is 16.8 Å². The number of nitrogens with zero attached hydrogens (tertiary/aromatic N) is 1. The summed E-state index contributed by atoms with van der Waals surface area (Å²) in [6.45, 7) is 0. The first-order valence-corrected chi connectivity index (χ1v) is 8.58. The molecule has 21 heavy (non-hydrogen) atoms. The van der Waals surface area contributed by atoms with Crippen LogP contribution in [0.15, 0.2) is 17.2 Å². The molecule has 0 aromatic carbocycles. The van der Waals surface area contributed by atoms with Crippen LogP contribution in [0.1, 0.15) is 36.2 Å². The van der Waals surface area contributed by atoms with Crippen molar-refractivity contribution in [1.29, 1.82) is 0 Å². The summed E-state index contributed by atoms with van der Waals surface area (Å²) in [6.07, 6.45) is 5.26. The Morgan fingerprint density at radius 3 is 2.52 bits per heavy atom. The van der Waals surface area contributed by atoms with E-state index in [1.807, 2.05) is 0 Å². The van der Waals surface area contributed by atoms with Crippen LogP contribution in [0.25, 0.3) is 0 Å². The number of hydrogen-bond donors (Lipinski definition) is 3. The molecule has 1 aromatic heterocycles. The molecule has 1 aromatic rings. The number of carbonyl (C=O) groups excluding carboxylic acids is 1. The number of hydrogen-bond acceptors (Lipinski definition) is 4. The minimum atomic E-state index is -3.62. The maximum absolute atomic E-state index is 12.4. The zero-order valence-electron chi connectivity index (χ0n) is 11.9. The minimum absolute atomic E-state index is 0.0500. The first kappa shape index (κ1) is 14.6. The second kappa shape index (κ2) is 5.11.